The first kappa shape index (κ1) is 7.79. The summed E-state index contributed by atoms with van der Waals surface area (Å²) in [6.07, 6.45) is 5.15. The van der Waals surface area contributed by atoms with E-state index < -0.39 is 0 Å². The van der Waals surface area contributed by atoms with Gasteiger partial charge in [-0.3, -0.25) is 0 Å². The molecule has 1 aromatic rings. The van der Waals surface area contributed by atoms with E-state index in [2.05, 4.69) is 14.7 Å². The van der Waals surface area contributed by atoms with Crippen molar-refractivity contribution in [1.29, 1.82) is 0 Å². The molecular formula is C7H12N4S. The first-order chi connectivity index (χ1) is 5.84. The Hall–Kier alpha value is -0.840. The molecule has 4 nitrogen and oxygen atoms in total. The van der Waals surface area contributed by atoms with Crippen LogP contribution < -0.4 is 11.1 Å². The highest BCUT2D eigenvalue weighted by Crippen LogP contribution is 2.23. The molecule has 1 aromatic heterocycles. The van der Waals surface area contributed by atoms with Crippen LogP contribution in [0, 0.1) is 0 Å². The van der Waals surface area contributed by atoms with Gasteiger partial charge in [0, 0.05) is 17.6 Å². The molecule has 1 fully saturated rings. The van der Waals surface area contributed by atoms with Gasteiger partial charge in [0.1, 0.15) is 0 Å². The van der Waals surface area contributed by atoms with Gasteiger partial charge in [0.15, 0.2) is 0 Å². The number of nitrogen functional groups attached to an aromatic ring is 1. The number of nitrogens with two attached hydrogens (primary N) is 1. The highest BCUT2D eigenvalue weighted by atomic mass is 32.1. The minimum Gasteiger partial charge on any atom is -0.367 e. The van der Waals surface area contributed by atoms with Crippen molar-refractivity contribution in [2.24, 2.45) is 0 Å². The Kier molecular flexibility index (Phi) is 2.12. The van der Waals surface area contributed by atoms with Crippen LogP contribution in [0.3, 0.4) is 0 Å². The smallest absolute Gasteiger partial charge is 0.233 e. The second kappa shape index (κ2) is 3.26. The number of aromatic nitrogens is 2. The zero-order valence-corrected chi connectivity index (χ0v) is 7.60. The maximum atomic E-state index is 5.40. The predicted octanol–water partition coefficient (Wildman–Crippen LogP) is 1.47. The highest BCUT2D eigenvalue weighted by molar-refractivity contribution is 7.09. The van der Waals surface area contributed by atoms with Crippen molar-refractivity contribution < 1.29 is 0 Å². The standard InChI is InChI=1S/C7H12N4S/c8-6-10-7(12-11-6)9-5-3-1-2-4-5/h5H,1-4H2,(H3,8,9,10,11). The lowest BCUT2D eigenvalue weighted by Gasteiger charge is -2.08. The van der Waals surface area contributed by atoms with E-state index in [1.807, 2.05) is 0 Å². The van der Waals surface area contributed by atoms with E-state index in [9.17, 15) is 0 Å². The van der Waals surface area contributed by atoms with Crippen molar-refractivity contribution in [3.05, 3.63) is 0 Å². The molecule has 0 saturated heterocycles. The fourth-order valence-corrected chi connectivity index (χ4v) is 2.11. The van der Waals surface area contributed by atoms with Gasteiger partial charge in [-0.05, 0) is 12.8 Å². The van der Waals surface area contributed by atoms with Crippen LogP contribution >= 0.6 is 11.5 Å². The number of anilines is 2. The maximum Gasteiger partial charge on any atom is 0.233 e. The molecule has 2 rings (SSSR count). The number of nitrogens with one attached hydrogen (secondary N) is 1. The topological polar surface area (TPSA) is 63.8 Å². The lowest BCUT2D eigenvalue weighted by molar-refractivity contribution is 0.754. The molecule has 0 radical (unpaired) electrons. The fraction of sp³-hybridized carbons (Fsp3) is 0.714. The molecule has 0 aromatic carbocycles. The van der Waals surface area contributed by atoms with Gasteiger partial charge in [-0.15, -0.1) is 0 Å². The number of nitrogens with zero attached hydrogens (tertiary/aromatic N) is 2. The van der Waals surface area contributed by atoms with Gasteiger partial charge < -0.3 is 11.1 Å². The van der Waals surface area contributed by atoms with Gasteiger partial charge in [-0.1, -0.05) is 12.8 Å². The summed E-state index contributed by atoms with van der Waals surface area (Å²) in [7, 11) is 0. The Balaban J connectivity index is 1.94. The number of rotatable bonds is 2. The summed E-state index contributed by atoms with van der Waals surface area (Å²) in [6, 6.07) is 0.595. The molecule has 0 unspecified atom stereocenters. The van der Waals surface area contributed by atoms with Crippen molar-refractivity contribution in [3.63, 3.8) is 0 Å². The van der Waals surface area contributed by atoms with Gasteiger partial charge in [0.05, 0.1) is 0 Å². The Morgan fingerprint density at radius 2 is 2.17 bits per heavy atom. The average Bonchev–Trinajstić information content (AvgIpc) is 2.63. The van der Waals surface area contributed by atoms with Crippen LogP contribution in [0.15, 0.2) is 0 Å². The van der Waals surface area contributed by atoms with E-state index in [-0.39, 0.29) is 0 Å². The van der Waals surface area contributed by atoms with Crippen LogP contribution in [-0.4, -0.2) is 15.4 Å². The van der Waals surface area contributed by atoms with E-state index in [0.717, 1.165) is 5.13 Å². The van der Waals surface area contributed by atoms with Crippen LogP contribution in [0.4, 0.5) is 11.1 Å². The molecule has 1 aliphatic rings. The zero-order chi connectivity index (χ0) is 8.39. The molecule has 0 bridgehead atoms. The molecule has 3 N–H and O–H groups in total. The quantitative estimate of drug-likeness (QED) is 0.730. The molecule has 1 heterocycles. The average molecular weight is 184 g/mol. The summed E-state index contributed by atoms with van der Waals surface area (Å²) >= 11 is 1.34. The fourth-order valence-electron chi connectivity index (χ4n) is 1.54. The lowest BCUT2D eigenvalue weighted by atomic mass is 10.3. The van der Waals surface area contributed by atoms with E-state index in [0.29, 0.717) is 12.0 Å². The molecular weight excluding hydrogens is 172 g/mol. The van der Waals surface area contributed by atoms with E-state index in [4.69, 9.17) is 5.73 Å². The van der Waals surface area contributed by atoms with Gasteiger partial charge in [0.2, 0.25) is 11.1 Å². The molecule has 0 spiro atoms. The molecule has 12 heavy (non-hydrogen) atoms. The molecule has 66 valence electrons. The van der Waals surface area contributed by atoms with Gasteiger partial charge in [-0.25, -0.2) is 0 Å². The largest absolute Gasteiger partial charge is 0.367 e. The Morgan fingerprint density at radius 1 is 1.42 bits per heavy atom. The lowest BCUT2D eigenvalue weighted by Crippen LogP contribution is -2.14. The van der Waals surface area contributed by atoms with Crippen LogP contribution in [0.1, 0.15) is 25.7 Å². The maximum absolute atomic E-state index is 5.40. The van der Waals surface area contributed by atoms with Crippen LogP contribution in [0.5, 0.6) is 0 Å². The van der Waals surface area contributed by atoms with Crippen molar-refractivity contribution >= 4 is 22.6 Å². The van der Waals surface area contributed by atoms with Crippen LogP contribution in [0.25, 0.3) is 0 Å². The molecule has 0 amide bonds. The molecule has 1 saturated carbocycles. The summed E-state index contributed by atoms with van der Waals surface area (Å²) in [5.41, 5.74) is 5.40. The molecule has 5 heteroatoms. The zero-order valence-electron chi connectivity index (χ0n) is 6.79. The number of hydrogen-bond donors (Lipinski definition) is 2. The van der Waals surface area contributed by atoms with Crippen LogP contribution in [-0.2, 0) is 0 Å². The summed E-state index contributed by atoms with van der Waals surface area (Å²) in [6.45, 7) is 0. The third kappa shape index (κ3) is 1.66. The van der Waals surface area contributed by atoms with Crippen molar-refractivity contribution in [2.75, 3.05) is 11.1 Å². The first-order valence-electron chi connectivity index (χ1n) is 4.20. The van der Waals surface area contributed by atoms with E-state index in [1.165, 1.54) is 37.2 Å². The second-order valence-electron chi connectivity index (χ2n) is 3.08. The minimum atomic E-state index is 0.375. The summed E-state index contributed by atoms with van der Waals surface area (Å²) in [4.78, 5) is 4.05. The third-order valence-electron chi connectivity index (χ3n) is 2.12. The summed E-state index contributed by atoms with van der Waals surface area (Å²) in [5, 5.41) is 4.19. The van der Waals surface area contributed by atoms with E-state index >= 15 is 0 Å². The highest BCUT2D eigenvalue weighted by Gasteiger charge is 2.15. The molecule has 1 aliphatic carbocycles. The Bertz CT molecular complexity index is 254. The third-order valence-corrected chi connectivity index (χ3v) is 2.78. The van der Waals surface area contributed by atoms with E-state index in [1.54, 1.807) is 0 Å². The van der Waals surface area contributed by atoms with Gasteiger partial charge >= 0.3 is 0 Å². The first-order valence-corrected chi connectivity index (χ1v) is 4.97. The van der Waals surface area contributed by atoms with Gasteiger partial charge in [0.25, 0.3) is 0 Å². The minimum absolute atomic E-state index is 0.375. The van der Waals surface area contributed by atoms with Gasteiger partial charge in [-0.2, -0.15) is 9.36 Å². The second-order valence-corrected chi connectivity index (χ2v) is 3.84. The predicted molar refractivity (Wildman–Crippen MR) is 50.2 cm³/mol. The Morgan fingerprint density at radius 3 is 2.75 bits per heavy atom. The normalized spacial score (nSPS) is 18.3. The summed E-state index contributed by atoms with van der Waals surface area (Å²) in [5.74, 6) is 0.375. The Labute approximate surface area is 75.4 Å². The monoisotopic (exact) mass is 184 g/mol. The SMILES string of the molecule is Nc1nsc(NC2CCCC2)n1. The van der Waals surface area contributed by atoms with Crippen molar-refractivity contribution in [3.8, 4) is 0 Å². The molecule has 0 aliphatic heterocycles. The van der Waals surface area contributed by atoms with Crippen LogP contribution in [0.2, 0.25) is 0 Å². The summed E-state index contributed by atoms with van der Waals surface area (Å²) < 4.78 is 3.90. The van der Waals surface area contributed by atoms with Crippen molar-refractivity contribution in [1.82, 2.24) is 9.36 Å². The van der Waals surface area contributed by atoms with Crippen molar-refractivity contribution in [2.45, 2.75) is 31.7 Å². The molecule has 0 atom stereocenters. The number of hydrogen-bond acceptors (Lipinski definition) is 5.